The van der Waals surface area contributed by atoms with E-state index in [0.717, 1.165) is 24.6 Å². The molecule has 82 valence electrons. The van der Waals surface area contributed by atoms with Gasteiger partial charge in [-0.05, 0) is 31.4 Å². The number of aromatic nitrogens is 1. The topological polar surface area (TPSA) is 48.1 Å². The Bertz CT molecular complexity index is 334. The molecule has 0 atom stereocenters. The zero-order chi connectivity index (χ0) is 10.7. The lowest BCUT2D eigenvalue weighted by Crippen LogP contribution is -2.15. The van der Waals surface area contributed by atoms with Crippen molar-refractivity contribution in [3.8, 4) is 5.88 Å². The number of nitrogen functional groups attached to an aromatic ring is 1. The minimum absolute atomic E-state index is 0.592. The highest BCUT2D eigenvalue weighted by atomic mass is 16.5. The predicted molar refractivity (Wildman–Crippen MR) is 60.8 cm³/mol. The van der Waals surface area contributed by atoms with Crippen LogP contribution in [0, 0.1) is 12.8 Å². The molecule has 1 heterocycles. The third-order valence-electron chi connectivity index (χ3n) is 3.02. The van der Waals surface area contributed by atoms with Crippen molar-refractivity contribution in [2.75, 3.05) is 12.3 Å². The van der Waals surface area contributed by atoms with Gasteiger partial charge in [-0.25, -0.2) is 4.98 Å². The van der Waals surface area contributed by atoms with Crippen LogP contribution in [0.3, 0.4) is 0 Å². The van der Waals surface area contributed by atoms with Crippen LogP contribution in [0.4, 0.5) is 5.69 Å². The minimum atomic E-state index is 0.592. The standard InChI is InChI=1S/C12H18N2O/c1-9-5-6-11(13)12(14-9)15-8-7-10-3-2-4-10/h5-6,10H,2-4,7-8,13H2,1H3. The summed E-state index contributed by atoms with van der Waals surface area (Å²) in [6.07, 6.45) is 5.24. The second kappa shape index (κ2) is 4.51. The number of hydrogen-bond acceptors (Lipinski definition) is 3. The summed E-state index contributed by atoms with van der Waals surface area (Å²) in [6, 6.07) is 3.75. The normalized spacial score (nSPS) is 16.1. The predicted octanol–water partition coefficient (Wildman–Crippen LogP) is 2.54. The van der Waals surface area contributed by atoms with Crippen LogP contribution in [0.25, 0.3) is 0 Å². The first-order valence-electron chi connectivity index (χ1n) is 5.61. The van der Waals surface area contributed by atoms with Gasteiger partial charge in [-0.2, -0.15) is 0 Å². The Kier molecular flexibility index (Phi) is 3.09. The van der Waals surface area contributed by atoms with E-state index in [1.807, 2.05) is 19.1 Å². The fraction of sp³-hybridized carbons (Fsp3) is 0.583. The maximum absolute atomic E-state index is 5.77. The second-order valence-corrected chi connectivity index (χ2v) is 4.28. The van der Waals surface area contributed by atoms with E-state index in [0.29, 0.717) is 11.6 Å². The molecule has 1 aromatic rings. The van der Waals surface area contributed by atoms with Gasteiger partial charge in [0.1, 0.15) is 0 Å². The first-order valence-corrected chi connectivity index (χ1v) is 5.61. The molecule has 15 heavy (non-hydrogen) atoms. The Morgan fingerprint density at radius 3 is 2.93 bits per heavy atom. The molecule has 3 nitrogen and oxygen atoms in total. The molecule has 1 aliphatic rings. The van der Waals surface area contributed by atoms with Crippen LogP contribution in [0.5, 0.6) is 5.88 Å². The number of ether oxygens (including phenoxy) is 1. The molecule has 1 aliphatic carbocycles. The SMILES string of the molecule is Cc1ccc(N)c(OCCC2CCC2)n1. The van der Waals surface area contributed by atoms with Crippen molar-refractivity contribution in [3.05, 3.63) is 17.8 Å². The van der Waals surface area contributed by atoms with Gasteiger partial charge in [0.25, 0.3) is 0 Å². The lowest BCUT2D eigenvalue weighted by molar-refractivity contribution is 0.218. The van der Waals surface area contributed by atoms with Crippen molar-refractivity contribution in [1.29, 1.82) is 0 Å². The average Bonchev–Trinajstić information content (AvgIpc) is 2.15. The van der Waals surface area contributed by atoms with Gasteiger partial charge >= 0.3 is 0 Å². The Labute approximate surface area is 90.7 Å². The number of nitrogens with zero attached hydrogens (tertiary/aromatic N) is 1. The van der Waals surface area contributed by atoms with Crippen LogP contribution in [0.2, 0.25) is 0 Å². The van der Waals surface area contributed by atoms with Crippen LogP contribution < -0.4 is 10.5 Å². The largest absolute Gasteiger partial charge is 0.476 e. The molecule has 0 unspecified atom stereocenters. The summed E-state index contributed by atoms with van der Waals surface area (Å²) < 4.78 is 5.59. The first-order chi connectivity index (χ1) is 7.25. The number of pyridine rings is 1. The maximum Gasteiger partial charge on any atom is 0.237 e. The van der Waals surface area contributed by atoms with Crippen molar-refractivity contribution < 1.29 is 4.74 Å². The number of aryl methyl sites for hydroxylation is 1. The summed E-state index contributed by atoms with van der Waals surface area (Å²) in [4.78, 5) is 4.27. The fourth-order valence-electron chi connectivity index (χ4n) is 1.76. The summed E-state index contributed by atoms with van der Waals surface area (Å²) in [7, 11) is 0. The van der Waals surface area contributed by atoms with Gasteiger partial charge in [0, 0.05) is 5.69 Å². The quantitative estimate of drug-likeness (QED) is 0.823. The van der Waals surface area contributed by atoms with E-state index in [-0.39, 0.29) is 0 Å². The van der Waals surface area contributed by atoms with Gasteiger partial charge < -0.3 is 10.5 Å². The van der Waals surface area contributed by atoms with E-state index in [4.69, 9.17) is 10.5 Å². The van der Waals surface area contributed by atoms with Gasteiger partial charge in [0.15, 0.2) is 0 Å². The molecule has 3 heteroatoms. The van der Waals surface area contributed by atoms with Crippen LogP contribution in [-0.2, 0) is 0 Å². The Balaban J connectivity index is 1.83. The molecule has 1 saturated carbocycles. The molecule has 0 radical (unpaired) electrons. The molecule has 0 amide bonds. The molecule has 2 N–H and O–H groups in total. The molecule has 0 bridgehead atoms. The third kappa shape index (κ3) is 2.61. The van der Waals surface area contributed by atoms with Crippen molar-refractivity contribution in [2.24, 2.45) is 5.92 Å². The van der Waals surface area contributed by atoms with Crippen molar-refractivity contribution in [2.45, 2.75) is 32.6 Å². The highest BCUT2D eigenvalue weighted by Crippen LogP contribution is 2.29. The summed E-state index contributed by atoms with van der Waals surface area (Å²) >= 11 is 0. The molecule has 1 fully saturated rings. The lowest BCUT2D eigenvalue weighted by Gasteiger charge is -2.24. The Morgan fingerprint density at radius 1 is 1.47 bits per heavy atom. The number of rotatable bonds is 4. The van der Waals surface area contributed by atoms with Crippen LogP contribution in [0.1, 0.15) is 31.4 Å². The second-order valence-electron chi connectivity index (χ2n) is 4.28. The first kappa shape index (κ1) is 10.3. The summed E-state index contributed by atoms with van der Waals surface area (Å²) in [6.45, 7) is 2.68. The molecule has 0 aromatic carbocycles. The van der Waals surface area contributed by atoms with E-state index >= 15 is 0 Å². The molecule has 0 aliphatic heterocycles. The number of hydrogen-bond donors (Lipinski definition) is 1. The van der Waals surface area contributed by atoms with E-state index in [9.17, 15) is 0 Å². The van der Waals surface area contributed by atoms with Gasteiger partial charge in [-0.3, -0.25) is 0 Å². The van der Waals surface area contributed by atoms with Crippen LogP contribution in [0.15, 0.2) is 12.1 Å². The molecular formula is C12H18N2O. The molecule has 1 aromatic heterocycles. The number of nitrogens with two attached hydrogens (primary N) is 1. The highest BCUT2D eigenvalue weighted by molar-refractivity contribution is 5.48. The fourth-order valence-corrected chi connectivity index (χ4v) is 1.76. The van der Waals surface area contributed by atoms with Gasteiger partial charge in [-0.1, -0.05) is 19.3 Å². The maximum atomic E-state index is 5.77. The van der Waals surface area contributed by atoms with Crippen LogP contribution >= 0.6 is 0 Å². The minimum Gasteiger partial charge on any atom is -0.476 e. The van der Waals surface area contributed by atoms with Crippen LogP contribution in [-0.4, -0.2) is 11.6 Å². The Morgan fingerprint density at radius 2 is 2.27 bits per heavy atom. The van der Waals surface area contributed by atoms with E-state index in [1.54, 1.807) is 0 Å². The average molecular weight is 206 g/mol. The summed E-state index contributed by atoms with van der Waals surface area (Å²) in [5, 5.41) is 0. The summed E-state index contributed by atoms with van der Waals surface area (Å²) in [5.74, 6) is 1.46. The number of anilines is 1. The van der Waals surface area contributed by atoms with E-state index < -0.39 is 0 Å². The van der Waals surface area contributed by atoms with Gasteiger partial charge in [-0.15, -0.1) is 0 Å². The third-order valence-corrected chi connectivity index (χ3v) is 3.02. The Hall–Kier alpha value is -1.25. The van der Waals surface area contributed by atoms with Gasteiger partial charge in [0.2, 0.25) is 5.88 Å². The van der Waals surface area contributed by atoms with Crippen molar-refractivity contribution >= 4 is 5.69 Å². The zero-order valence-corrected chi connectivity index (χ0v) is 9.20. The van der Waals surface area contributed by atoms with Crippen molar-refractivity contribution in [3.63, 3.8) is 0 Å². The van der Waals surface area contributed by atoms with Crippen molar-refractivity contribution in [1.82, 2.24) is 4.98 Å². The van der Waals surface area contributed by atoms with E-state index in [1.165, 1.54) is 19.3 Å². The highest BCUT2D eigenvalue weighted by Gasteiger charge is 2.17. The van der Waals surface area contributed by atoms with Gasteiger partial charge in [0.05, 0.1) is 12.3 Å². The molecular weight excluding hydrogens is 188 g/mol. The molecule has 0 spiro atoms. The van der Waals surface area contributed by atoms with E-state index in [2.05, 4.69) is 4.98 Å². The monoisotopic (exact) mass is 206 g/mol. The molecule has 2 rings (SSSR count). The smallest absolute Gasteiger partial charge is 0.237 e. The zero-order valence-electron chi connectivity index (χ0n) is 9.20. The lowest BCUT2D eigenvalue weighted by atomic mass is 9.83. The summed E-state index contributed by atoms with van der Waals surface area (Å²) in [5.41, 5.74) is 7.35. The molecule has 0 saturated heterocycles.